The van der Waals surface area contributed by atoms with Gasteiger partial charge >= 0.3 is 0 Å². The number of benzene rings is 2. The number of hydrogen-bond acceptors (Lipinski definition) is 4. The molecule has 5 nitrogen and oxygen atoms in total. The van der Waals surface area contributed by atoms with Crippen LogP contribution in [-0.2, 0) is 15.2 Å². The van der Waals surface area contributed by atoms with Crippen LogP contribution >= 0.6 is 15.9 Å². The summed E-state index contributed by atoms with van der Waals surface area (Å²) in [7, 11) is 0. The van der Waals surface area contributed by atoms with Crippen molar-refractivity contribution in [1.29, 1.82) is 0 Å². The van der Waals surface area contributed by atoms with Gasteiger partial charge in [-0.3, -0.25) is 14.5 Å². The van der Waals surface area contributed by atoms with Crippen molar-refractivity contribution in [3.8, 4) is 0 Å². The molecule has 0 aliphatic carbocycles. The molecule has 1 N–H and O–H groups in total. The van der Waals surface area contributed by atoms with Crippen LogP contribution in [0.3, 0.4) is 0 Å². The normalized spacial score (nSPS) is 22.7. The Morgan fingerprint density at radius 1 is 1.00 bits per heavy atom. The molecule has 2 aromatic carbocycles. The first kappa shape index (κ1) is 19.3. The van der Waals surface area contributed by atoms with Crippen LogP contribution in [0.4, 0.5) is 5.69 Å². The Morgan fingerprint density at radius 2 is 1.61 bits per heavy atom. The van der Waals surface area contributed by atoms with E-state index in [1.807, 2.05) is 60.4 Å². The third-order valence-electron chi connectivity index (χ3n) is 5.86. The van der Waals surface area contributed by atoms with Gasteiger partial charge in [0.25, 0.3) is 5.91 Å². The number of aryl methyl sites for hydroxylation is 1. The highest BCUT2D eigenvalue weighted by atomic mass is 79.9. The number of carbonyl (C=O) groups is 2. The van der Waals surface area contributed by atoms with Crippen LogP contribution in [0.25, 0.3) is 0 Å². The first-order valence-corrected chi connectivity index (χ1v) is 10.3. The minimum absolute atomic E-state index is 0.160. The predicted octanol–water partition coefficient (Wildman–Crippen LogP) is 3.37. The summed E-state index contributed by atoms with van der Waals surface area (Å²) in [5.74, 6) is -0.324. The van der Waals surface area contributed by atoms with Gasteiger partial charge in [-0.15, -0.1) is 0 Å². The minimum atomic E-state index is -0.889. The Morgan fingerprint density at radius 3 is 2.21 bits per heavy atom. The van der Waals surface area contributed by atoms with Crippen LogP contribution in [0.2, 0.25) is 0 Å². The number of piperidine rings is 1. The second-order valence-electron chi connectivity index (χ2n) is 7.70. The maximum Gasteiger partial charge on any atom is 0.251 e. The first-order chi connectivity index (χ1) is 13.4. The van der Waals surface area contributed by atoms with Crippen molar-refractivity contribution in [3.05, 3.63) is 64.1 Å². The van der Waals surface area contributed by atoms with Crippen LogP contribution in [0.1, 0.15) is 30.4 Å². The van der Waals surface area contributed by atoms with Gasteiger partial charge in [-0.05, 0) is 49.6 Å². The molecule has 0 saturated carbocycles. The van der Waals surface area contributed by atoms with Crippen molar-refractivity contribution in [3.63, 3.8) is 0 Å². The van der Waals surface area contributed by atoms with Crippen molar-refractivity contribution < 1.29 is 14.7 Å². The lowest BCUT2D eigenvalue weighted by molar-refractivity contribution is -0.124. The molecule has 2 aromatic rings. The third-order valence-corrected chi connectivity index (χ3v) is 6.39. The molecule has 1 atom stereocenters. The Kier molecular flexibility index (Phi) is 5.12. The van der Waals surface area contributed by atoms with E-state index in [4.69, 9.17) is 0 Å². The number of nitrogens with zero attached hydrogens (tertiary/aromatic N) is 2. The van der Waals surface area contributed by atoms with Gasteiger partial charge in [-0.25, -0.2) is 4.90 Å². The van der Waals surface area contributed by atoms with Crippen LogP contribution in [0.5, 0.6) is 0 Å². The van der Waals surface area contributed by atoms with Gasteiger partial charge in [-0.1, -0.05) is 45.8 Å². The van der Waals surface area contributed by atoms with Crippen molar-refractivity contribution >= 4 is 33.4 Å². The van der Waals surface area contributed by atoms with Crippen molar-refractivity contribution in [2.75, 3.05) is 18.0 Å². The number of carbonyl (C=O) groups excluding carboxylic acids is 2. The van der Waals surface area contributed by atoms with Gasteiger partial charge in [0.15, 0.2) is 0 Å². The maximum atomic E-state index is 13.0. The monoisotopic (exact) mass is 442 g/mol. The molecular formula is C22H23BrN2O3. The summed E-state index contributed by atoms with van der Waals surface area (Å²) >= 11 is 3.42. The summed E-state index contributed by atoms with van der Waals surface area (Å²) < 4.78 is 0.976. The number of aliphatic hydroxyl groups is 1. The van der Waals surface area contributed by atoms with E-state index in [2.05, 4.69) is 15.9 Å². The zero-order chi connectivity index (χ0) is 19.9. The average Bonchev–Trinajstić information content (AvgIpc) is 2.98. The third kappa shape index (κ3) is 3.52. The molecule has 2 amide bonds. The van der Waals surface area contributed by atoms with Crippen molar-refractivity contribution in [2.45, 2.75) is 37.8 Å². The van der Waals surface area contributed by atoms with E-state index in [1.165, 1.54) is 4.90 Å². The Hall–Kier alpha value is -2.02. The largest absolute Gasteiger partial charge is 0.385 e. The SMILES string of the molecule is Cc1ccc(N2C(=O)C[C@H](N3CCC(O)(c4ccc(Br)cc4)CC3)C2=O)cc1. The van der Waals surface area contributed by atoms with E-state index in [0.29, 0.717) is 31.6 Å². The van der Waals surface area contributed by atoms with E-state index in [-0.39, 0.29) is 18.2 Å². The molecule has 2 aliphatic heterocycles. The fourth-order valence-electron chi connectivity index (χ4n) is 4.12. The summed E-state index contributed by atoms with van der Waals surface area (Å²) in [6, 6.07) is 14.7. The summed E-state index contributed by atoms with van der Waals surface area (Å²) in [5.41, 5.74) is 1.72. The van der Waals surface area contributed by atoms with E-state index in [9.17, 15) is 14.7 Å². The smallest absolute Gasteiger partial charge is 0.251 e. The minimum Gasteiger partial charge on any atom is -0.385 e. The maximum absolute atomic E-state index is 13.0. The van der Waals surface area contributed by atoms with Gasteiger partial charge in [0, 0.05) is 17.6 Å². The zero-order valence-corrected chi connectivity index (χ0v) is 17.4. The fraction of sp³-hybridized carbons (Fsp3) is 0.364. The molecule has 0 bridgehead atoms. The number of anilines is 1. The molecule has 2 aliphatic rings. The van der Waals surface area contributed by atoms with Gasteiger partial charge in [0.1, 0.15) is 0 Å². The van der Waals surface area contributed by atoms with E-state index < -0.39 is 11.6 Å². The number of halogens is 1. The molecule has 2 heterocycles. The highest BCUT2D eigenvalue weighted by Gasteiger charge is 2.45. The van der Waals surface area contributed by atoms with E-state index in [0.717, 1.165) is 15.6 Å². The molecule has 0 unspecified atom stereocenters. The number of imide groups is 1. The molecule has 0 radical (unpaired) electrons. The second kappa shape index (κ2) is 7.43. The summed E-state index contributed by atoms with van der Waals surface area (Å²) in [6.07, 6.45) is 1.28. The molecule has 0 aromatic heterocycles. The summed E-state index contributed by atoms with van der Waals surface area (Å²) in [4.78, 5) is 28.8. The highest BCUT2D eigenvalue weighted by Crippen LogP contribution is 2.36. The van der Waals surface area contributed by atoms with Crippen LogP contribution in [0, 0.1) is 6.92 Å². The number of rotatable bonds is 3. The van der Waals surface area contributed by atoms with Crippen LogP contribution in [-0.4, -0.2) is 41.0 Å². The quantitative estimate of drug-likeness (QED) is 0.740. The van der Waals surface area contributed by atoms with Crippen molar-refractivity contribution in [2.24, 2.45) is 0 Å². The summed E-state index contributed by atoms with van der Waals surface area (Å²) in [5, 5.41) is 11.1. The molecule has 28 heavy (non-hydrogen) atoms. The van der Waals surface area contributed by atoms with E-state index >= 15 is 0 Å². The first-order valence-electron chi connectivity index (χ1n) is 9.53. The molecule has 2 saturated heterocycles. The molecular weight excluding hydrogens is 420 g/mol. The highest BCUT2D eigenvalue weighted by molar-refractivity contribution is 9.10. The molecule has 146 valence electrons. The molecule has 2 fully saturated rings. The lowest BCUT2D eigenvalue weighted by Gasteiger charge is -2.40. The zero-order valence-electron chi connectivity index (χ0n) is 15.8. The second-order valence-corrected chi connectivity index (χ2v) is 8.61. The van der Waals surface area contributed by atoms with Gasteiger partial charge in [-0.2, -0.15) is 0 Å². The van der Waals surface area contributed by atoms with E-state index in [1.54, 1.807) is 0 Å². The predicted molar refractivity (Wildman–Crippen MR) is 111 cm³/mol. The Balaban J connectivity index is 1.46. The van der Waals surface area contributed by atoms with Gasteiger partial charge in [0.05, 0.1) is 23.8 Å². The Labute approximate surface area is 173 Å². The molecule has 6 heteroatoms. The van der Waals surface area contributed by atoms with Crippen LogP contribution in [0.15, 0.2) is 53.0 Å². The lowest BCUT2D eigenvalue weighted by atomic mass is 9.84. The standard InChI is InChI=1S/C22H23BrN2O3/c1-15-2-8-18(9-3-15)25-20(26)14-19(21(25)27)24-12-10-22(28,11-13-24)16-4-6-17(23)7-5-16/h2-9,19,28H,10-14H2,1H3/t19-/m0/s1. The molecule has 4 rings (SSSR count). The van der Waals surface area contributed by atoms with Crippen LogP contribution < -0.4 is 4.90 Å². The van der Waals surface area contributed by atoms with Crippen molar-refractivity contribution in [1.82, 2.24) is 4.90 Å². The topological polar surface area (TPSA) is 60.9 Å². The summed E-state index contributed by atoms with van der Waals surface area (Å²) in [6.45, 7) is 3.14. The lowest BCUT2D eigenvalue weighted by Crippen LogP contribution is -2.49. The Bertz CT molecular complexity index is 887. The number of hydrogen-bond donors (Lipinski definition) is 1. The average molecular weight is 443 g/mol. The van der Waals surface area contributed by atoms with Gasteiger partial charge in [0.2, 0.25) is 5.91 Å². The fourth-order valence-corrected chi connectivity index (χ4v) is 4.39. The van der Waals surface area contributed by atoms with Gasteiger partial charge < -0.3 is 5.11 Å². The number of likely N-dealkylation sites (tertiary alicyclic amines) is 1. The number of amides is 2. The molecule has 0 spiro atoms.